The van der Waals surface area contributed by atoms with E-state index in [2.05, 4.69) is 20.3 Å². The summed E-state index contributed by atoms with van der Waals surface area (Å²) < 4.78 is 28.3. The molecule has 0 unspecified atom stereocenters. The lowest BCUT2D eigenvalue weighted by atomic mass is 10.1. The summed E-state index contributed by atoms with van der Waals surface area (Å²) in [7, 11) is -3.75. The van der Waals surface area contributed by atoms with E-state index in [-0.39, 0.29) is 10.8 Å². The second-order valence-electron chi connectivity index (χ2n) is 7.10. The minimum atomic E-state index is -3.75. The molecule has 0 atom stereocenters. The molecule has 1 aliphatic rings. The van der Waals surface area contributed by atoms with Crippen LogP contribution in [-0.2, 0) is 10.0 Å². The third-order valence-electron chi connectivity index (χ3n) is 4.87. The van der Waals surface area contributed by atoms with Gasteiger partial charge in [0.1, 0.15) is 0 Å². The Morgan fingerprint density at radius 1 is 1.14 bits per heavy atom. The number of piperazine rings is 1. The number of benzene rings is 2. The van der Waals surface area contributed by atoms with Crippen molar-refractivity contribution in [3.05, 3.63) is 53.6 Å². The van der Waals surface area contributed by atoms with Crippen LogP contribution in [0.3, 0.4) is 0 Å². The molecule has 0 radical (unpaired) electrons. The van der Waals surface area contributed by atoms with Gasteiger partial charge in [0.2, 0.25) is 0 Å². The first-order valence-corrected chi connectivity index (χ1v) is 11.4. The fourth-order valence-electron chi connectivity index (χ4n) is 3.36. The maximum absolute atomic E-state index is 12.8. The van der Waals surface area contributed by atoms with Crippen molar-refractivity contribution < 1.29 is 13.2 Å². The zero-order valence-electron chi connectivity index (χ0n) is 16.9. The zero-order chi connectivity index (χ0) is 20.9. The number of carbonyl (C=O) groups excluding carboxylic acids is 1. The van der Waals surface area contributed by atoms with Gasteiger partial charge in [-0.25, -0.2) is 8.42 Å². The Balaban J connectivity index is 1.93. The minimum Gasteiger partial charge on any atom is -0.368 e. The number of nitrogens with one attached hydrogen (secondary N) is 3. The summed E-state index contributed by atoms with van der Waals surface area (Å²) in [5.41, 5.74) is 2.33. The first-order valence-electron chi connectivity index (χ1n) is 9.88. The third kappa shape index (κ3) is 5.07. The summed E-state index contributed by atoms with van der Waals surface area (Å²) >= 11 is 0. The van der Waals surface area contributed by atoms with Crippen molar-refractivity contribution in [1.82, 2.24) is 10.6 Å². The summed E-state index contributed by atoms with van der Waals surface area (Å²) in [6.07, 6.45) is 0.828. The quantitative estimate of drug-likeness (QED) is 0.645. The molecule has 1 saturated heterocycles. The lowest BCUT2D eigenvalue weighted by Gasteiger charge is -2.31. The number of aryl methyl sites for hydroxylation is 1. The number of hydrogen-bond donors (Lipinski definition) is 3. The van der Waals surface area contributed by atoms with Crippen LogP contribution in [0.25, 0.3) is 0 Å². The van der Waals surface area contributed by atoms with Crippen molar-refractivity contribution in [3.8, 4) is 0 Å². The van der Waals surface area contributed by atoms with E-state index >= 15 is 0 Å². The summed E-state index contributed by atoms with van der Waals surface area (Å²) in [5, 5.41) is 6.20. The first-order chi connectivity index (χ1) is 13.9. The number of nitrogens with zero attached hydrogens (tertiary/aromatic N) is 1. The van der Waals surface area contributed by atoms with E-state index < -0.39 is 10.0 Å². The third-order valence-corrected chi connectivity index (χ3v) is 6.41. The van der Waals surface area contributed by atoms with Crippen LogP contribution in [0.4, 0.5) is 11.4 Å². The summed E-state index contributed by atoms with van der Waals surface area (Å²) in [4.78, 5) is 15.2. The van der Waals surface area contributed by atoms with E-state index in [0.29, 0.717) is 23.4 Å². The highest BCUT2D eigenvalue weighted by atomic mass is 32.2. The van der Waals surface area contributed by atoms with Gasteiger partial charge in [-0.05, 0) is 43.2 Å². The summed E-state index contributed by atoms with van der Waals surface area (Å²) in [6, 6.07) is 12.0. The zero-order valence-corrected chi connectivity index (χ0v) is 17.7. The fourth-order valence-corrected chi connectivity index (χ4v) is 4.66. The Morgan fingerprint density at radius 2 is 1.86 bits per heavy atom. The number of rotatable bonds is 7. The molecule has 1 amide bonds. The Kier molecular flexibility index (Phi) is 6.76. The van der Waals surface area contributed by atoms with Crippen LogP contribution in [0.2, 0.25) is 0 Å². The molecule has 29 heavy (non-hydrogen) atoms. The van der Waals surface area contributed by atoms with Gasteiger partial charge in [-0.15, -0.1) is 0 Å². The van der Waals surface area contributed by atoms with Gasteiger partial charge in [0.05, 0.1) is 10.5 Å². The van der Waals surface area contributed by atoms with Crippen LogP contribution in [0.15, 0.2) is 47.4 Å². The molecule has 0 spiro atoms. The standard InChI is InChI=1S/C21H28N4O3S/c1-3-10-23-21(26)18-15-17(8-9-19(18)25-13-11-22-12-14-25)24-29(27,28)20-7-5-4-6-16(20)2/h4-9,15,22,24H,3,10-14H2,1-2H3,(H,23,26). The monoisotopic (exact) mass is 416 g/mol. The van der Waals surface area contributed by atoms with E-state index in [4.69, 9.17) is 0 Å². The molecule has 3 N–H and O–H groups in total. The summed E-state index contributed by atoms with van der Waals surface area (Å²) in [5.74, 6) is -0.197. The first kappa shape index (κ1) is 21.1. The molecular weight excluding hydrogens is 388 g/mol. The molecule has 1 fully saturated rings. The van der Waals surface area contributed by atoms with Crippen molar-refractivity contribution in [3.63, 3.8) is 0 Å². The highest BCUT2D eigenvalue weighted by molar-refractivity contribution is 7.92. The highest BCUT2D eigenvalue weighted by Gasteiger charge is 2.21. The number of hydrogen-bond acceptors (Lipinski definition) is 5. The predicted molar refractivity (Wildman–Crippen MR) is 116 cm³/mol. The summed E-state index contributed by atoms with van der Waals surface area (Å²) in [6.45, 7) is 7.59. The molecule has 1 aliphatic heterocycles. The Hall–Kier alpha value is -2.58. The maximum atomic E-state index is 12.8. The van der Waals surface area contributed by atoms with Crippen LogP contribution in [0.5, 0.6) is 0 Å². The topological polar surface area (TPSA) is 90.5 Å². The normalized spacial score (nSPS) is 14.5. The van der Waals surface area contributed by atoms with Crippen molar-refractivity contribution in [2.45, 2.75) is 25.2 Å². The Labute approximate surface area is 172 Å². The molecule has 156 valence electrons. The number of anilines is 2. The molecular formula is C21H28N4O3S. The van der Waals surface area contributed by atoms with E-state index in [0.717, 1.165) is 38.3 Å². The van der Waals surface area contributed by atoms with Gasteiger partial charge in [0.15, 0.2) is 0 Å². The smallest absolute Gasteiger partial charge is 0.262 e. The van der Waals surface area contributed by atoms with Gasteiger partial charge in [-0.2, -0.15) is 0 Å². The minimum absolute atomic E-state index is 0.197. The average molecular weight is 417 g/mol. The maximum Gasteiger partial charge on any atom is 0.262 e. The van der Waals surface area contributed by atoms with Crippen molar-refractivity contribution >= 4 is 27.3 Å². The molecule has 3 rings (SSSR count). The van der Waals surface area contributed by atoms with Gasteiger partial charge < -0.3 is 15.5 Å². The second kappa shape index (κ2) is 9.28. The lowest BCUT2D eigenvalue weighted by molar-refractivity contribution is 0.0954. The molecule has 0 bridgehead atoms. The van der Waals surface area contributed by atoms with Gasteiger partial charge in [0, 0.05) is 44.1 Å². The van der Waals surface area contributed by atoms with Gasteiger partial charge in [-0.3, -0.25) is 9.52 Å². The van der Waals surface area contributed by atoms with E-state index in [1.807, 2.05) is 13.0 Å². The Bertz CT molecular complexity index is 970. The Morgan fingerprint density at radius 3 is 2.55 bits per heavy atom. The van der Waals surface area contributed by atoms with Crippen LogP contribution in [0.1, 0.15) is 29.3 Å². The molecule has 8 heteroatoms. The molecule has 0 saturated carbocycles. The molecule has 2 aromatic carbocycles. The van der Waals surface area contributed by atoms with Crippen molar-refractivity contribution in [2.75, 3.05) is 42.3 Å². The number of amides is 1. The van der Waals surface area contributed by atoms with Crippen molar-refractivity contribution in [1.29, 1.82) is 0 Å². The fraction of sp³-hybridized carbons (Fsp3) is 0.381. The van der Waals surface area contributed by atoms with Crippen molar-refractivity contribution in [2.24, 2.45) is 0 Å². The highest BCUT2D eigenvalue weighted by Crippen LogP contribution is 2.27. The number of carbonyl (C=O) groups is 1. The SMILES string of the molecule is CCCNC(=O)c1cc(NS(=O)(=O)c2ccccc2C)ccc1N1CCNCC1. The second-order valence-corrected chi connectivity index (χ2v) is 8.75. The van der Waals surface area contributed by atoms with Crippen LogP contribution in [-0.4, -0.2) is 47.0 Å². The lowest BCUT2D eigenvalue weighted by Crippen LogP contribution is -2.44. The molecule has 0 aromatic heterocycles. The van der Waals surface area contributed by atoms with E-state index in [1.165, 1.54) is 0 Å². The molecule has 0 aliphatic carbocycles. The van der Waals surface area contributed by atoms with Gasteiger partial charge in [0.25, 0.3) is 15.9 Å². The average Bonchev–Trinajstić information content (AvgIpc) is 2.72. The van der Waals surface area contributed by atoms with Crippen LogP contribution < -0.4 is 20.3 Å². The largest absolute Gasteiger partial charge is 0.368 e. The molecule has 2 aromatic rings. The number of sulfonamides is 1. The van der Waals surface area contributed by atoms with Gasteiger partial charge in [-0.1, -0.05) is 25.1 Å². The molecule has 7 nitrogen and oxygen atoms in total. The van der Waals surface area contributed by atoms with Gasteiger partial charge >= 0.3 is 0 Å². The van der Waals surface area contributed by atoms with Crippen LogP contribution >= 0.6 is 0 Å². The van der Waals surface area contributed by atoms with E-state index in [9.17, 15) is 13.2 Å². The molecule has 1 heterocycles. The van der Waals surface area contributed by atoms with E-state index in [1.54, 1.807) is 43.3 Å². The van der Waals surface area contributed by atoms with Crippen LogP contribution in [0, 0.1) is 6.92 Å². The predicted octanol–water partition coefficient (Wildman–Crippen LogP) is 2.35.